The van der Waals surface area contributed by atoms with Gasteiger partial charge in [0.15, 0.2) is 5.43 Å². The van der Waals surface area contributed by atoms with Crippen molar-refractivity contribution in [3.05, 3.63) is 93.5 Å². The molecule has 2 saturated heterocycles. The number of nitrogens with zero attached hydrogens (tertiary/aromatic N) is 4. The second-order valence-electron chi connectivity index (χ2n) is 13.0. The summed E-state index contributed by atoms with van der Waals surface area (Å²) in [6.45, 7) is 6.63. The number of aromatic nitrogens is 3. The minimum absolute atomic E-state index is 0.00747. The average molecular weight is 597 g/mol. The minimum Gasteiger partial charge on any atom is -0.391 e. The number of benzene rings is 1. The average Bonchev–Trinajstić information content (AvgIpc) is 3.80. The van der Waals surface area contributed by atoms with Crippen LogP contribution in [0.25, 0.3) is 10.9 Å². The highest BCUT2D eigenvalue weighted by atomic mass is 19.1. The maximum atomic E-state index is 15.6. The summed E-state index contributed by atoms with van der Waals surface area (Å²) in [5.41, 5.74) is 5.72. The van der Waals surface area contributed by atoms with Gasteiger partial charge in [-0.3, -0.25) is 14.8 Å². The molecule has 1 aliphatic carbocycles. The summed E-state index contributed by atoms with van der Waals surface area (Å²) in [5, 5.41) is 14.4. The molecule has 44 heavy (non-hydrogen) atoms. The van der Waals surface area contributed by atoms with Crippen LogP contribution in [0.15, 0.2) is 59.8 Å². The Balaban J connectivity index is 1.14. The lowest BCUT2D eigenvalue weighted by Crippen LogP contribution is -2.42. The zero-order chi connectivity index (χ0) is 30.4. The highest BCUT2D eigenvalue weighted by molar-refractivity contribution is 5.83. The van der Waals surface area contributed by atoms with Crippen molar-refractivity contribution in [3.8, 4) is 0 Å². The lowest BCUT2D eigenvalue weighted by Gasteiger charge is -2.38. The van der Waals surface area contributed by atoms with Crippen LogP contribution in [-0.4, -0.2) is 51.8 Å². The first-order valence-corrected chi connectivity index (χ1v) is 16.0. The largest absolute Gasteiger partial charge is 0.391 e. The molecule has 3 fully saturated rings. The summed E-state index contributed by atoms with van der Waals surface area (Å²) in [5.74, 6) is 0.407. The Kier molecular flexibility index (Phi) is 7.84. The van der Waals surface area contributed by atoms with E-state index in [9.17, 15) is 9.90 Å². The van der Waals surface area contributed by atoms with Gasteiger partial charge in [0.2, 0.25) is 0 Å². The van der Waals surface area contributed by atoms with Crippen LogP contribution in [0.2, 0.25) is 0 Å². The van der Waals surface area contributed by atoms with Gasteiger partial charge < -0.3 is 25.2 Å². The third kappa shape index (κ3) is 5.83. The van der Waals surface area contributed by atoms with Crippen LogP contribution < -0.4 is 20.5 Å². The van der Waals surface area contributed by atoms with Crippen LogP contribution in [0.4, 0.5) is 15.8 Å². The number of halogens is 1. The highest BCUT2D eigenvalue weighted by Gasteiger charge is 2.42. The monoisotopic (exact) mass is 596 g/mol. The van der Waals surface area contributed by atoms with Crippen molar-refractivity contribution in [2.75, 3.05) is 29.4 Å². The van der Waals surface area contributed by atoms with Gasteiger partial charge in [0, 0.05) is 73.0 Å². The maximum Gasteiger partial charge on any atom is 0.193 e. The number of pyridine rings is 3. The Bertz CT molecular complexity index is 1700. The number of aliphatic hydroxyl groups excluding tert-OH is 1. The molecule has 3 aliphatic rings. The summed E-state index contributed by atoms with van der Waals surface area (Å²) in [7, 11) is 0. The molecular weight excluding hydrogens is 555 g/mol. The Hall–Kier alpha value is -3.82. The van der Waals surface area contributed by atoms with Crippen LogP contribution in [0.1, 0.15) is 60.7 Å². The van der Waals surface area contributed by atoms with E-state index in [2.05, 4.69) is 49.4 Å². The van der Waals surface area contributed by atoms with E-state index in [0.29, 0.717) is 53.5 Å². The minimum atomic E-state index is -0.454. The number of aliphatic hydroxyl groups is 1. The molecule has 5 heterocycles. The van der Waals surface area contributed by atoms with E-state index in [-0.39, 0.29) is 17.5 Å². The fraction of sp³-hybridized carbons (Fsp3) is 0.457. The first kappa shape index (κ1) is 28.9. The summed E-state index contributed by atoms with van der Waals surface area (Å²) >= 11 is 0. The predicted octanol–water partition coefficient (Wildman–Crippen LogP) is 5.17. The van der Waals surface area contributed by atoms with Crippen molar-refractivity contribution in [1.82, 2.24) is 20.3 Å². The van der Waals surface area contributed by atoms with E-state index < -0.39 is 11.9 Å². The van der Waals surface area contributed by atoms with Gasteiger partial charge in [-0.15, -0.1) is 0 Å². The molecule has 3 aromatic heterocycles. The third-order valence-corrected chi connectivity index (χ3v) is 9.80. The zero-order valence-corrected chi connectivity index (χ0v) is 25.5. The molecule has 4 atom stereocenters. The molecule has 7 rings (SSSR count). The van der Waals surface area contributed by atoms with E-state index in [1.165, 1.54) is 6.07 Å². The number of nitrogens with one attached hydrogen (secondary N) is 2. The van der Waals surface area contributed by atoms with E-state index >= 15 is 4.39 Å². The van der Waals surface area contributed by atoms with Gasteiger partial charge in [-0.2, -0.15) is 0 Å². The highest BCUT2D eigenvalue weighted by Crippen LogP contribution is 2.43. The van der Waals surface area contributed by atoms with Crippen LogP contribution in [0.3, 0.4) is 0 Å². The smallest absolute Gasteiger partial charge is 0.193 e. The van der Waals surface area contributed by atoms with E-state index in [1.807, 2.05) is 31.1 Å². The van der Waals surface area contributed by atoms with Gasteiger partial charge in [-0.25, -0.2) is 4.39 Å². The van der Waals surface area contributed by atoms with Crippen LogP contribution in [-0.2, 0) is 6.54 Å². The van der Waals surface area contributed by atoms with Crippen LogP contribution >= 0.6 is 0 Å². The zero-order valence-electron chi connectivity index (χ0n) is 25.5. The van der Waals surface area contributed by atoms with E-state index in [1.54, 1.807) is 12.3 Å². The number of anilines is 2. The number of H-pyrrole nitrogens is 1. The second kappa shape index (κ2) is 11.9. The molecule has 0 amide bonds. The Labute approximate surface area is 257 Å². The predicted molar refractivity (Wildman–Crippen MR) is 171 cm³/mol. The molecule has 0 bridgehead atoms. The lowest BCUT2D eigenvalue weighted by molar-refractivity contribution is 0.193. The van der Waals surface area contributed by atoms with Gasteiger partial charge in [0.1, 0.15) is 5.82 Å². The number of aryl methyl sites for hydroxylation is 2. The molecule has 1 saturated carbocycles. The van der Waals surface area contributed by atoms with E-state index in [0.717, 1.165) is 61.4 Å². The van der Waals surface area contributed by atoms with Crippen molar-refractivity contribution < 1.29 is 9.50 Å². The molecule has 4 aromatic rings. The first-order valence-electron chi connectivity index (χ1n) is 16.0. The fourth-order valence-corrected chi connectivity index (χ4v) is 7.37. The number of aromatic amines is 1. The Morgan fingerprint density at radius 1 is 1.09 bits per heavy atom. The molecule has 0 spiro atoms. The molecule has 9 heteroatoms. The molecule has 0 radical (unpaired) electrons. The standard InChI is InChI=1S/C35H41FN6O2/c1-21-5-8-27(18-38-21)41-11-3-4-25(19-41)34(24-9-10-37-22(2)12-24)40-17-26-16-39-31-15-33(30(36)14-29(31)35(26)44)42-20-28(43)13-32(42)23-6-7-23/h5,8-10,12,14-16,18,23,25,28,32,34,40,43H,3-4,6-7,11,13,17,19-20H2,1-2H3,(H,39,44)/t25-,28-,32?,34?/m0/s1. The molecule has 8 nitrogen and oxygen atoms in total. The lowest BCUT2D eigenvalue weighted by atomic mass is 9.86. The number of rotatable bonds is 8. The Morgan fingerprint density at radius 3 is 2.73 bits per heavy atom. The third-order valence-electron chi connectivity index (χ3n) is 9.80. The number of hydrogen-bond donors (Lipinski definition) is 3. The van der Waals surface area contributed by atoms with Gasteiger partial charge in [0.05, 0.1) is 29.2 Å². The SMILES string of the molecule is Cc1ccc(N2CCC[C@H](C(NCc3c[nH]c4cc(N5C[C@@H](O)CC5C5CC5)c(F)cc4c3=O)c3ccnc(C)c3)C2)cn1. The number of fused-ring (bicyclic) bond motifs is 1. The number of β-amino-alcohol motifs (C(OH)–C–C–N with tert-alkyl or cyclic N) is 1. The van der Waals surface area contributed by atoms with Gasteiger partial charge in [-0.1, -0.05) is 0 Å². The molecule has 1 aromatic carbocycles. The second-order valence-corrected chi connectivity index (χ2v) is 13.0. The summed E-state index contributed by atoms with van der Waals surface area (Å²) in [6.07, 6.45) is 10.1. The summed E-state index contributed by atoms with van der Waals surface area (Å²) < 4.78 is 15.6. The van der Waals surface area contributed by atoms with Crippen molar-refractivity contribution in [1.29, 1.82) is 0 Å². The molecule has 230 valence electrons. The molecule has 2 unspecified atom stereocenters. The normalized spacial score (nSPS) is 23.0. The van der Waals surface area contributed by atoms with Crippen LogP contribution in [0, 0.1) is 31.5 Å². The molecular formula is C35H41FN6O2. The van der Waals surface area contributed by atoms with Gasteiger partial charge >= 0.3 is 0 Å². The maximum absolute atomic E-state index is 15.6. The van der Waals surface area contributed by atoms with Crippen molar-refractivity contribution >= 4 is 22.3 Å². The van der Waals surface area contributed by atoms with Crippen molar-refractivity contribution in [2.45, 2.75) is 70.7 Å². The van der Waals surface area contributed by atoms with Crippen LogP contribution in [0.5, 0.6) is 0 Å². The van der Waals surface area contributed by atoms with Crippen molar-refractivity contribution in [3.63, 3.8) is 0 Å². The van der Waals surface area contributed by atoms with Crippen molar-refractivity contribution in [2.24, 2.45) is 11.8 Å². The van der Waals surface area contributed by atoms with Gasteiger partial charge in [-0.05, 0) is 99.7 Å². The summed E-state index contributed by atoms with van der Waals surface area (Å²) in [4.78, 5) is 30.3. The first-order chi connectivity index (χ1) is 21.3. The topological polar surface area (TPSA) is 97.4 Å². The molecule has 3 N–H and O–H groups in total. The number of piperidine rings is 1. The van der Waals surface area contributed by atoms with E-state index in [4.69, 9.17) is 0 Å². The number of hydrogen-bond acceptors (Lipinski definition) is 7. The Morgan fingerprint density at radius 2 is 1.95 bits per heavy atom. The fourth-order valence-electron chi connectivity index (χ4n) is 7.37. The summed E-state index contributed by atoms with van der Waals surface area (Å²) in [6, 6.07) is 11.7. The molecule has 2 aliphatic heterocycles. The quantitative estimate of drug-likeness (QED) is 0.258. The van der Waals surface area contributed by atoms with Gasteiger partial charge in [0.25, 0.3) is 0 Å².